The fourth-order valence-electron chi connectivity index (χ4n) is 4.19. The van der Waals surface area contributed by atoms with Crippen molar-refractivity contribution in [2.45, 2.75) is 110 Å². The molecule has 0 aliphatic carbocycles. The number of methoxy groups -OCH3 is 1. The second-order valence-electron chi connectivity index (χ2n) is 9.55. The molecule has 0 aromatic heterocycles. The summed E-state index contributed by atoms with van der Waals surface area (Å²) in [5.41, 5.74) is 1.40. The fourth-order valence-corrected chi connectivity index (χ4v) is 4.19. The topological polar surface area (TPSA) is 9.23 Å². The first-order valence-corrected chi connectivity index (χ1v) is 12.5. The molecule has 0 unspecified atom stereocenters. The Balaban J connectivity index is 2.03. The Labute approximate surface area is 182 Å². The number of hydrogen-bond acceptors (Lipinski definition) is 1. The van der Waals surface area contributed by atoms with E-state index >= 15 is 0 Å². The van der Waals surface area contributed by atoms with E-state index in [2.05, 4.69) is 52.2 Å². The van der Waals surface area contributed by atoms with E-state index in [1.807, 2.05) is 0 Å². The Kier molecular flexibility index (Phi) is 14.1. The predicted molar refractivity (Wildman–Crippen MR) is 129 cm³/mol. The summed E-state index contributed by atoms with van der Waals surface area (Å²) >= 11 is 0. The van der Waals surface area contributed by atoms with Gasteiger partial charge in [-0.15, -0.1) is 0 Å². The van der Waals surface area contributed by atoms with Crippen LogP contribution in [0.1, 0.15) is 115 Å². The standard InChI is InChI=1S/C27H50NO/c1-6-7-8-9-10-11-12-13-14-15-16-17-18-19-24-28(3,4)25(2)26-20-22-27(29-5)23-21-26/h20-23,25H,6-19,24H2,1-5H3/q+1/t25-/m0/s1. The van der Waals surface area contributed by atoms with Crippen LogP contribution in [-0.4, -0.2) is 32.2 Å². The zero-order valence-corrected chi connectivity index (χ0v) is 20.3. The number of hydrogen-bond donors (Lipinski definition) is 0. The molecule has 1 aromatic carbocycles. The van der Waals surface area contributed by atoms with Gasteiger partial charge in [-0.1, -0.05) is 84.0 Å². The molecule has 0 N–H and O–H groups in total. The average Bonchev–Trinajstić information content (AvgIpc) is 2.73. The van der Waals surface area contributed by atoms with Gasteiger partial charge in [-0.05, 0) is 44.0 Å². The molecular formula is C27H50NO+. The van der Waals surface area contributed by atoms with Crippen LogP contribution in [0.2, 0.25) is 0 Å². The number of ether oxygens (including phenoxy) is 1. The van der Waals surface area contributed by atoms with Crippen LogP contribution in [0.3, 0.4) is 0 Å². The summed E-state index contributed by atoms with van der Waals surface area (Å²) in [6.45, 7) is 5.90. The third kappa shape index (κ3) is 11.7. The van der Waals surface area contributed by atoms with Crippen LogP contribution in [0, 0.1) is 0 Å². The van der Waals surface area contributed by atoms with Crippen LogP contribution in [0.4, 0.5) is 0 Å². The lowest BCUT2D eigenvalue weighted by Crippen LogP contribution is -2.42. The van der Waals surface area contributed by atoms with E-state index in [-0.39, 0.29) is 0 Å². The highest BCUT2D eigenvalue weighted by Crippen LogP contribution is 2.27. The molecular weight excluding hydrogens is 354 g/mol. The van der Waals surface area contributed by atoms with Crippen LogP contribution in [0.5, 0.6) is 5.75 Å². The van der Waals surface area contributed by atoms with Gasteiger partial charge in [0.15, 0.2) is 0 Å². The quantitative estimate of drug-likeness (QED) is 0.176. The van der Waals surface area contributed by atoms with E-state index < -0.39 is 0 Å². The van der Waals surface area contributed by atoms with Gasteiger partial charge in [-0.3, -0.25) is 0 Å². The zero-order valence-electron chi connectivity index (χ0n) is 20.3. The summed E-state index contributed by atoms with van der Waals surface area (Å²) in [7, 11) is 6.47. The molecule has 0 fully saturated rings. The van der Waals surface area contributed by atoms with Gasteiger partial charge in [-0.2, -0.15) is 0 Å². The third-order valence-electron chi connectivity index (χ3n) is 6.73. The Morgan fingerprint density at radius 1 is 0.690 bits per heavy atom. The molecule has 1 atom stereocenters. The van der Waals surface area contributed by atoms with Gasteiger partial charge in [-0.25, -0.2) is 0 Å². The molecule has 1 rings (SSSR count). The molecule has 0 saturated heterocycles. The van der Waals surface area contributed by atoms with Crippen LogP contribution >= 0.6 is 0 Å². The number of benzene rings is 1. The van der Waals surface area contributed by atoms with Crippen molar-refractivity contribution in [1.82, 2.24) is 0 Å². The van der Waals surface area contributed by atoms with Crippen molar-refractivity contribution in [3.63, 3.8) is 0 Å². The molecule has 0 spiro atoms. The summed E-state index contributed by atoms with van der Waals surface area (Å²) in [4.78, 5) is 0. The number of quaternary nitrogens is 1. The van der Waals surface area contributed by atoms with Crippen molar-refractivity contribution in [3.8, 4) is 5.75 Å². The number of nitrogens with zero attached hydrogens (tertiary/aromatic N) is 1. The highest BCUT2D eigenvalue weighted by atomic mass is 16.5. The van der Waals surface area contributed by atoms with Crippen LogP contribution < -0.4 is 4.74 Å². The van der Waals surface area contributed by atoms with E-state index in [0.29, 0.717) is 6.04 Å². The molecule has 2 nitrogen and oxygen atoms in total. The van der Waals surface area contributed by atoms with Gasteiger partial charge in [0.2, 0.25) is 0 Å². The maximum atomic E-state index is 5.29. The third-order valence-corrected chi connectivity index (χ3v) is 6.73. The Morgan fingerprint density at radius 3 is 1.52 bits per heavy atom. The molecule has 0 bridgehead atoms. The molecule has 0 saturated carbocycles. The number of rotatable bonds is 18. The predicted octanol–water partition coefficient (Wildman–Crippen LogP) is 8.31. The Morgan fingerprint density at radius 2 is 1.10 bits per heavy atom. The van der Waals surface area contributed by atoms with Gasteiger partial charge >= 0.3 is 0 Å². The van der Waals surface area contributed by atoms with E-state index in [1.54, 1.807) is 7.11 Å². The molecule has 0 heterocycles. The van der Waals surface area contributed by atoms with E-state index in [4.69, 9.17) is 4.74 Å². The van der Waals surface area contributed by atoms with E-state index in [0.717, 1.165) is 10.2 Å². The highest BCUT2D eigenvalue weighted by Gasteiger charge is 2.24. The molecule has 1 aromatic rings. The Bertz CT molecular complexity index is 494. The smallest absolute Gasteiger partial charge is 0.118 e. The van der Waals surface area contributed by atoms with E-state index in [1.165, 1.54) is 102 Å². The van der Waals surface area contributed by atoms with Gasteiger partial charge in [0.1, 0.15) is 11.8 Å². The number of unbranched alkanes of at least 4 members (excludes halogenated alkanes) is 13. The summed E-state index contributed by atoms with van der Waals surface area (Å²) in [6.07, 6.45) is 20.0. The Hall–Kier alpha value is -1.02. The highest BCUT2D eigenvalue weighted by molar-refractivity contribution is 5.28. The van der Waals surface area contributed by atoms with Crippen LogP contribution in [0.15, 0.2) is 24.3 Å². The summed E-state index contributed by atoms with van der Waals surface area (Å²) in [5, 5.41) is 0. The second-order valence-corrected chi connectivity index (χ2v) is 9.55. The van der Waals surface area contributed by atoms with Crippen molar-refractivity contribution in [2.75, 3.05) is 27.7 Å². The molecule has 0 aliphatic heterocycles. The lowest BCUT2D eigenvalue weighted by molar-refractivity contribution is -0.919. The average molecular weight is 405 g/mol. The van der Waals surface area contributed by atoms with Gasteiger partial charge in [0.25, 0.3) is 0 Å². The van der Waals surface area contributed by atoms with Gasteiger partial charge in [0.05, 0.1) is 27.7 Å². The van der Waals surface area contributed by atoms with Crippen molar-refractivity contribution in [3.05, 3.63) is 29.8 Å². The maximum Gasteiger partial charge on any atom is 0.118 e. The SMILES string of the molecule is CCCCCCCCCCCCCCCC[N+](C)(C)[C@@H](C)c1ccc(OC)cc1. The zero-order chi connectivity index (χ0) is 21.4. The first-order valence-electron chi connectivity index (χ1n) is 12.5. The van der Waals surface area contributed by atoms with Gasteiger partial charge in [0, 0.05) is 5.56 Å². The lowest BCUT2D eigenvalue weighted by Gasteiger charge is -2.36. The van der Waals surface area contributed by atoms with Crippen molar-refractivity contribution >= 4 is 0 Å². The summed E-state index contributed by atoms with van der Waals surface area (Å²) in [5.74, 6) is 0.943. The minimum atomic E-state index is 0.517. The normalized spacial score (nSPS) is 12.9. The monoisotopic (exact) mass is 404 g/mol. The summed E-state index contributed by atoms with van der Waals surface area (Å²) < 4.78 is 6.35. The largest absolute Gasteiger partial charge is 0.497 e. The minimum Gasteiger partial charge on any atom is -0.497 e. The van der Waals surface area contributed by atoms with Crippen LogP contribution in [-0.2, 0) is 0 Å². The fraction of sp³-hybridized carbons (Fsp3) is 0.778. The maximum absolute atomic E-state index is 5.29. The first-order chi connectivity index (χ1) is 14.0. The van der Waals surface area contributed by atoms with Gasteiger partial charge < -0.3 is 9.22 Å². The molecule has 0 amide bonds. The molecule has 168 valence electrons. The molecule has 2 heteroatoms. The molecule has 0 radical (unpaired) electrons. The molecule has 0 aliphatic rings. The van der Waals surface area contributed by atoms with Crippen molar-refractivity contribution in [1.29, 1.82) is 0 Å². The van der Waals surface area contributed by atoms with Crippen molar-refractivity contribution in [2.24, 2.45) is 0 Å². The van der Waals surface area contributed by atoms with Crippen LogP contribution in [0.25, 0.3) is 0 Å². The minimum absolute atomic E-state index is 0.517. The molecule has 29 heavy (non-hydrogen) atoms. The second kappa shape index (κ2) is 15.8. The van der Waals surface area contributed by atoms with Crippen molar-refractivity contribution < 1.29 is 9.22 Å². The summed E-state index contributed by atoms with van der Waals surface area (Å²) in [6, 6.07) is 9.11. The first kappa shape index (κ1) is 26.0. The lowest BCUT2D eigenvalue weighted by atomic mass is 10.0. The van der Waals surface area contributed by atoms with E-state index in [9.17, 15) is 0 Å².